The van der Waals surface area contributed by atoms with Crippen molar-refractivity contribution < 1.29 is 28.6 Å². The molecule has 1 aliphatic heterocycles. The fourth-order valence-corrected chi connectivity index (χ4v) is 2.31. The Morgan fingerprint density at radius 1 is 1.19 bits per heavy atom. The first-order valence-corrected chi connectivity index (χ1v) is 5.87. The molecule has 0 aliphatic carbocycles. The van der Waals surface area contributed by atoms with E-state index in [4.69, 9.17) is 0 Å². The molecule has 0 radical (unpaired) electrons. The van der Waals surface area contributed by atoms with E-state index in [-0.39, 0.29) is 29.4 Å². The van der Waals surface area contributed by atoms with Crippen LogP contribution in [0.1, 0.15) is 39.2 Å². The van der Waals surface area contributed by atoms with Gasteiger partial charge >= 0.3 is 0 Å². The molecule has 1 aliphatic rings. The maximum Gasteiger partial charge on any atom is 0.209 e. The number of halogens is 1. The zero-order valence-electron chi connectivity index (χ0n) is 10.3. The second-order valence-electron chi connectivity index (χ2n) is 4.91. The van der Waals surface area contributed by atoms with E-state index in [1.807, 2.05) is 0 Å². The van der Waals surface area contributed by atoms with Gasteiger partial charge in [-0.15, -0.1) is 0 Å². The van der Waals surface area contributed by atoms with Crippen LogP contribution < -0.4 is 24.0 Å². The van der Waals surface area contributed by atoms with Crippen molar-refractivity contribution in [2.24, 2.45) is 0 Å². The Bertz CT molecular complexity index is 393. The predicted molar refractivity (Wildman–Crippen MR) is 65.2 cm³/mol. The number of rotatable bonds is 3. The summed E-state index contributed by atoms with van der Waals surface area (Å²) in [5.74, 6) is 0. The Morgan fingerprint density at radius 3 is 2.56 bits per heavy atom. The zero-order chi connectivity index (χ0) is 10.9. The predicted octanol–water partition coefficient (Wildman–Crippen LogP) is 0.497. The summed E-state index contributed by atoms with van der Waals surface area (Å²) in [6.45, 7) is 7.97. The van der Waals surface area contributed by atoms with Crippen molar-refractivity contribution >= 4 is 11.9 Å². The van der Waals surface area contributed by atoms with Crippen LogP contribution in [0.5, 0.6) is 0 Å². The first-order chi connectivity index (χ1) is 7.15. The number of benzene rings is 1. The molecule has 1 heterocycles. The lowest BCUT2D eigenvalue weighted by atomic mass is 9.87. The summed E-state index contributed by atoms with van der Waals surface area (Å²) in [6, 6.07) is 8.75. The molecule has 0 fully saturated rings. The molecule has 0 spiro atoms. The van der Waals surface area contributed by atoms with E-state index < -0.39 is 0 Å². The first kappa shape index (κ1) is 13.7. The topological polar surface area (TPSA) is 3.01 Å². The van der Waals surface area contributed by atoms with Crippen LogP contribution in [0.25, 0.3) is 0 Å². The summed E-state index contributed by atoms with van der Waals surface area (Å²) in [7, 11) is 0. The molecule has 0 saturated carbocycles. The highest BCUT2D eigenvalue weighted by Gasteiger charge is 2.36. The highest BCUT2D eigenvalue weighted by Crippen LogP contribution is 2.35. The molecule has 2 heteroatoms. The van der Waals surface area contributed by atoms with Crippen molar-refractivity contribution in [3.05, 3.63) is 29.8 Å². The van der Waals surface area contributed by atoms with Gasteiger partial charge < -0.3 is 24.0 Å². The van der Waals surface area contributed by atoms with E-state index in [9.17, 15) is 0 Å². The summed E-state index contributed by atoms with van der Waals surface area (Å²) in [5, 5.41) is 0. The standard InChI is InChI=1S/C14H20N.HI/c1-4-5-10-15-11-14(2,3)12-8-6-7-9-13(12)15;/h6-9,11H,4-5,10H2,1-3H3;1H/q+1;/p-1. The molecular weight excluding hydrogens is 309 g/mol. The average molecular weight is 329 g/mol. The molecule has 0 amide bonds. The number of fused-ring (bicyclic) bond motifs is 1. The summed E-state index contributed by atoms with van der Waals surface area (Å²) >= 11 is 0. The monoisotopic (exact) mass is 329 g/mol. The highest BCUT2D eigenvalue weighted by atomic mass is 127. The molecule has 16 heavy (non-hydrogen) atoms. The van der Waals surface area contributed by atoms with E-state index in [0.717, 1.165) is 6.54 Å². The van der Waals surface area contributed by atoms with Gasteiger partial charge in [-0.2, -0.15) is 0 Å². The molecule has 0 N–H and O–H groups in total. The van der Waals surface area contributed by atoms with Gasteiger partial charge in [-0.3, -0.25) is 0 Å². The van der Waals surface area contributed by atoms with Crippen LogP contribution in [0.15, 0.2) is 24.3 Å². The normalized spacial score (nSPS) is 16.3. The van der Waals surface area contributed by atoms with Gasteiger partial charge in [0.15, 0.2) is 6.21 Å². The van der Waals surface area contributed by atoms with Gasteiger partial charge in [-0.05, 0) is 13.8 Å². The third-order valence-electron chi connectivity index (χ3n) is 3.14. The van der Waals surface area contributed by atoms with E-state index in [1.54, 1.807) is 0 Å². The molecule has 0 bridgehead atoms. The van der Waals surface area contributed by atoms with Crippen molar-refractivity contribution in [3.8, 4) is 0 Å². The summed E-state index contributed by atoms with van der Waals surface area (Å²) in [4.78, 5) is 0. The number of hydrogen-bond donors (Lipinski definition) is 0. The fourth-order valence-electron chi connectivity index (χ4n) is 2.31. The van der Waals surface area contributed by atoms with Crippen molar-refractivity contribution in [1.82, 2.24) is 0 Å². The van der Waals surface area contributed by atoms with Crippen molar-refractivity contribution in [2.45, 2.75) is 39.0 Å². The number of para-hydroxylation sites is 1. The number of unbranched alkanes of at least 4 members (excludes halogenated alkanes) is 1. The molecule has 1 aromatic rings. The fraction of sp³-hybridized carbons (Fsp3) is 0.500. The van der Waals surface area contributed by atoms with Crippen LogP contribution in [0.2, 0.25) is 0 Å². The summed E-state index contributed by atoms with van der Waals surface area (Å²) in [6.07, 6.45) is 4.89. The van der Waals surface area contributed by atoms with Crippen LogP contribution in [0, 0.1) is 0 Å². The third-order valence-corrected chi connectivity index (χ3v) is 3.14. The van der Waals surface area contributed by atoms with Crippen molar-refractivity contribution in [1.29, 1.82) is 0 Å². The number of nitrogens with zero attached hydrogens (tertiary/aromatic N) is 1. The minimum atomic E-state index is 0. The molecule has 2 rings (SSSR count). The first-order valence-electron chi connectivity index (χ1n) is 5.87. The van der Waals surface area contributed by atoms with E-state index in [0.29, 0.717) is 0 Å². The maximum atomic E-state index is 2.42. The Labute approximate surface area is 116 Å². The summed E-state index contributed by atoms with van der Waals surface area (Å²) < 4.78 is 2.42. The Balaban J connectivity index is 0.00000128. The van der Waals surface area contributed by atoms with Gasteiger partial charge in [0.2, 0.25) is 5.69 Å². The lowest BCUT2D eigenvalue weighted by Crippen LogP contribution is -3.00. The van der Waals surface area contributed by atoms with Crippen LogP contribution in [0.3, 0.4) is 0 Å². The smallest absolute Gasteiger partial charge is 0.209 e. The van der Waals surface area contributed by atoms with Crippen LogP contribution >= 0.6 is 0 Å². The van der Waals surface area contributed by atoms with Crippen LogP contribution in [0.4, 0.5) is 5.69 Å². The molecule has 0 atom stereocenters. The Morgan fingerprint density at radius 2 is 1.88 bits per heavy atom. The van der Waals surface area contributed by atoms with Crippen LogP contribution in [-0.2, 0) is 5.41 Å². The van der Waals surface area contributed by atoms with Crippen LogP contribution in [-0.4, -0.2) is 17.3 Å². The minimum Gasteiger partial charge on any atom is -1.00 e. The van der Waals surface area contributed by atoms with Gasteiger partial charge in [0, 0.05) is 18.1 Å². The molecule has 88 valence electrons. The summed E-state index contributed by atoms with van der Waals surface area (Å²) in [5.41, 5.74) is 3.06. The largest absolute Gasteiger partial charge is 1.00 e. The van der Waals surface area contributed by atoms with Crippen molar-refractivity contribution in [3.63, 3.8) is 0 Å². The van der Waals surface area contributed by atoms with Gasteiger partial charge in [0.05, 0.1) is 5.41 Å². The molecule has 1 nitrogen and oxygen atoms in total. The molecule has 0 unspecified atom stereocenters. The van der Waals surface area contributed by atoms with E-state index >= 15 is 0 Å². The quantitative estimate of drug-likeness (QED) is 0.561. The molecule has 1 aromatic carbocycles. The lowest BCUT2D eigenvalue weighted by Gasteiger charge is -2.09. The molecule has 0 aromatic heterocycles. The van der Waals surface area contributed by atoms with Gasteiger partial charge in [-0.25, -0.2) is 4.58 Å². The second kappa shape index (κ2) is 5.30. The van der Waals surface area contributed by atoms with Crippen molar-refractivity contribution in [2.75, 3.05) is 6.54 Å². The zero-order valence-corrected chi connectivity index (χ0v) is 12.5. The van der Waals surface area contributed by atoms with E-state index in [1.165, 1.54) is 24.1 Å². The third kappa shape index (κ3) is 2.47. The lowest BCUT2D eigenvalue weighted by molar-refractivity contribution is -0.434. The SMILES string of the molecule is CCCC[N+]1=CC(C)(C)c2ccccc21.[I-]. The molecular formula is C14H20IN. The van der Waals surface area contributed by atoms with Gasteiger partial charge in [0.1, 0.15) is 6.54 Å². The van der Waals surface area contributed by atoms with Gasteiger partial charge in [0.25, 0.3) is 0 Å². The maximum absolute atomic E-state index is 2.42. The second-order valence-corrected chi connectivity index (χ2v) is 4.91. The van der Waals surface area contributed by atoms with E-state index in [2.05, 4.69) is 55.8 Å². The Kier molecular flexibility index (Phi) is 4.53. The average Bonchev–Trinajstić information content (AvgIpc) is 2.49. The highest BCUT2D eigenvalue weighted by molar-refractivity contribution is 5.76. The molecule has 0 saturated heterocycles. The Hall–Kier alpha value is -0.380. The minimum absolute atomic E-state index is 0. The number of hydrogen-bond acceptors (Lipinski definition) is 0. The van der Waals surface area contributed by atoms with Gasteiger partial charge in [-0.1, -0.05) is 31.5 Å².